The van der Waals surface area contributed by atoms with Crippen LogP contribution in [0, 0.1) is 5.41 Å². The van der Waals surface area contributed by atoms with Crippen molar-refractivity contribution in [2.75, 3.05) is 11.9 Å². The topological polar surface area (TPSA) is 38.3 Å². The molecule has 2 rings (SSSR count). The highest BCUT2D eigenvalue weighted by Gasteiger charge is 2.33. The van der Waals surface area contributed by atoms with Crippen LogP contribution in [0.4, 0.5) is 5.69 Å². The molecule has 1 heterocycles. The molecule has 0 saturated carbocycles. The number of halogens is 2. The lowest BCUT2D eigenvalue weighted by Crippen LogP contribution is -2.33. The Hall–Kier alpha value is -0.930. The van der Waals surface area contributed by atoms with Gasteiger partial charge in [0.15, 0.2) is 0 Å². The van der Waals surface area contributed by atoms with Gasteiger partial charge in [-0.3, -0.25) is 4.79 Å². The SMILES string of the molecule is CC1(C)COc2cc(Cl)cc(Cl)c2NC1=O. The number of hydrogen-bond acceptors (Lipinski definition) is 2. The van der Waals surface area contributed by atoms with E-state index in [1.165, 1.54) is 0 Å². The molecule has 5 heteroatoms. The van der Waals surface area contributed by atoms with Crippen molar-refractivity contribution in [2.24, 2.45) is 5.41 Å². The van der Waals surface area contributed by atoms with Crippen LogP contribution in [-0.2, 0) is 4.79 Å². The molecule has 3 nitrogen and oxygen atoms in total. The fourth-order valence-corrected chi connectivity index (χ4v) is 1.91. The fourth-order valence-electron chi connectivity index (χ4n) is 1.39. The van der Waals surface area contributed by atoms with E-state index in [9.17, 15) is 4.79 Å². The van der Waals surface area contributed by atoms with E-state index in [0.717, 1.165) is 0 Å². The molecule has 0 saturated heterocycles. The lowest BCUT2D eigenvalue weighted by molar-refractivity contribution is -0.124. The number of ether oxygens (including phenoxy) is 1. The standard InChI is InChI=1S/C11H11Cl2NO2/c1-11(2)5-16-8-4-6(12)3-7(13)9(8)14-10(11)15/h3-4H,5H2,1-2H3,(H,14,15). The number of amides is 1. The molecule has 0 aromatic heterocycles. The van der Waals surface area contributed by atoms with Crippen molar-refractivity contribution in [3.8, 4) is 5.75 Å². The Morgan fingerprint density at radius 2 is 2.06 bits per heavy atom. The van der Waals surface area contributed by atoms with Crippen LogP contribution in [0.3, 0.4) is 0 Å². The molecular formula is C11H11Cl2NO2. The van der Waals surface area contributed by atoms with Crippen LogP contribution in [0.15, 0.2) is 12.1 Å². The first-order valence-corrected chi connectivity index (χ1v) is 5.59. The second kappa shape index (κ2) is 3.82. The van der Waals surface area contributed by atoms with Gasteiger partial charge in [0, 0.05) is 11.1 Å². The van der Waals surface area contributed by atoms with E-state index in [2.05, 4.69) is 5.32 Å². The molecule has 0 fully saturated rings. The van der Waals surface area contributed by atoms with E-state index >= 15 is 0 Å². The van der Waals surface area contributed by atoms with E-state index in [4.69, 9.17) is 27.9 Å². The highest BCUT2D eigenvalue weighted by Crippen LogP contribution is 2.39. The molecule has 1 aromatic carbocycles. The number of carbonyl (C=O) groups excluding carboxylic acids is 1. The molecule has 0 atom stereocenters. The van der Waals surface area contributed by atoms with Gasteiger partial charge < -0.3 is 10.1 Å². The lowest BCUT2D eigenvalue weighted by atomic mass is 9.94. The zero-order chi connectivity index (χ0) is 11.9. The Morgan fingerprint density at radius 1 is 1.38 bits per heavy atom. The van der Waals surface area contributed by atoms with Gasteiger partial charge >= 0.3 is 0 Å². The van der Waals surface area contributed by atoms with Gasteiger partial charge in [-0.25, -0.2) is 0 Å². The summed E-state index contributed by atoms with van der Waals surface area (Å²) in [7, 11) is 0. The second-order valence-corrected chi connectivity index (χ2v) is 5.23. The summed E-state index contributed by atoms with van der Waals surface area (Å²) in [5.41, 5.74) is -0.101. The van der Waals surface area contributed by atoms with Gasteiger partial charge in [0.05, 0.1) is 10.4 Å². The number of nitrogens with one attached hydrogen (secondary N) is 1. The van der Waals surface area contributed by atoms with Gasteiger partial charge in [-0.2, -0.15) is 0 Å². The average molecular weight is 260 g/mol. The minimum atomic E-state index is -0.588. The third kappa shape index (κ3) is 1.97. The third-order valence-electron chi connectivity index (χ3n) is 2.46. The maximum atomic E-state index is 11.9. The van der Waals surface area contributed by atoms with Crippen LogP contribution in [0.1, 0.15) is 13.8 Å². The van der Waals surface area contributed by atoms with Crippen molar-refractivity contribution in [2.45, 2.75) is 13.8 Å². The van der Waals surface area contributed by atoms with Crippen LogP contribution < -0.4 is 10.1 Å². The normalized spacial score (nSPS) is 18.1. The number of anilines is 1. The molecule has 1 amide bonds. The molecule has 1 aromatic rings. The van der Waals surface area contributed by atoms with Gasteiger partial charge in [0.2, 0.25) is 5.91 Å². The summed E-state index contributed by atoms with van der Waals surface area (Å²) in [5.74, 6) is 0.395. The summed E-state index contributed by atoms with van der Waals surface area (Å²) in [6, 6.07) is 3.22. The van der Waals surface area contributed by atoms with Gasteiger partial charge in [0.25, 0.3) is 0 Å². The summed E-state index contributed by atoms with van der Waals surface area (Å²) in [5, 5.41) is 3.62. The van der Waals surface area contributed by atoms with E-state index < -0.39 is 5.41 Å². The lowest BCUT2D eigenvalue weighted by Gasteiger charge is -2.18. The molecule has 86 valence electrons. The van der Waals surface area contributed by atoms with Crippen LogP contribution in [-0.4, -0.2) is 12.5 Å². The first-order chi connectivity index (χ1) is 7.40. The summed E-state index contributed by atoms with van der Waals surface area (Å²) in [6.45, 7) is 3.91. The van der Waals surface area contributed by atoms with Gasteiger partial charge in [0.1, 0.15) is 18.0 Å². The first kappa shape index (κ1) is 11.6. The fraction of sp³-hybridized carbons (Fsp3) is 0.364. The summed E-state index contributed by atoms with van der Waals surface area (Å²) in [6.07, 6.45) is 0. The van der Waals surface area contributed by atoms with Crippen molar-refractivity contribution < 1.29 is 9.53 Å². The summed E-state index contributed by atoms with van der Waals surface area (Å²) >= 11 is 11.9. The number of benzene rings is 1. The number of rotatable bonds is 0. The molecule has 0 aliphatic carbocycles. The second-order valence-electron chi connectivity index (χ2n) is 4.39. The smallest absolute Gasteiger partial charge is 0.233 e. The van der Waals surface area contributed by atoms with Crippen molar-refractivity contribution in [3.63, 3.8) is 0 Å². The summed E-state index contributed by atoms with van der Waals surface area (Å²) in [4.78, 5) is 11.9. The highest BCUT2D eigenvalue weighted by molar-refractivity contribution is 6.37. The minimum absolute atomic E-state index is 0.115. The maximum absolute atomic E-state index is 11.9. The van der Waals surface area contributed by atoms with Crippen molar-refractivity contribution in [3.05, 3.63) is 22.2 Å². The minimum Gasteiger partial charge on any atom is -0.490 e. The molecule has 1 aliphatic heterocycles. The average Bonchev–Trinajstić information content (AvgIpc) is 2.28. The van der Waals surface area contributed by atoms with Crippen LogP contribution >= 0.6 is 23.2 Å². The van der Waals surface area contributed by atoms with E-state index in [1.807, 2.05) is 13.8 Å². The van der Waals surface area contributed by atoms with Gasteiger partial charge in [-0.1, -0.05) is 23.2 Å². The quantitative estimate of drug-likeness (QED) is 0.776. The van der Waals surface area contributed by atoms with Crippen LogP contribution in [0.25, 0.3) is 0 Å². The molecule has 1 N–H and O–H groups in total. The number of carbonyl (C=O) groups is 1. The zero-order valence-electron chi connectivity index (χ0n) is 8.93. The Bertz CT molecular complexity index is 458. The first-order valence-electron chi connectivity index (χ1n) is 4.83. The number of hydrogen-bond donors (Lipinski definition) is 1. The van der Waals surface area contributed by atoms with Crippen LogP contribution in [0.2, 0.25) is 10.0 Å². The van der Waals surface area contributed by atoms with E-state index in [-0.39, 0.29) is 5.91 Å². The predicted octanol–water partition coefficient (Wildman–Crippen LogP) is 3.35. The monoisotopic (exact) mass is 259 g/mol. The van der Waals surface area contributed by atoms with Crippen LogP contribution in [0.5, 0.6) is 5.75 Å². The highest BCUT2D eigenvalue weighted by atomic mass is 35.5. The molecule has 0 bridgehead atoms. The van der Waals surface area contributed by atoms with Crippen molar-refractivity contribution in [1.29, 1.82) is 0 Å². The molecule has 16 heavy (non-hydrogen) atoms. The van der Waals surface area contributed by atoms with E-state index in [0.29, 0.717) is 28.1 Å². The van der Waals surface area contributed by atoms with Gasteiger partial charge in [-0.15, -0.1) is 0 Å². The molecule has 0 spiro atoms. The summed E-state index contributed by atoms with van der Waals surface area (Å²) < 4.78 is 5.54. The molecule has 1 aliphatic rings. The third-order valence-corrected chi connectivity index (χ3v) is 2.98. The number of fused-ring (bicyclic) bond motifs is 1. The Morgan fingerprint density at radius 3 is 2.75 bits per heavy atom. The van der Waals surface area contributed by atoms with Crippen molar-refractivity contribution in [1.82, 2.24) is 0 Å². The van der Waals surface area contributed by atoms with Crippen molar-refractivity contribution >= 4 is 34.8 Å². The van der Waals surface area contributed by atoms with Gasteiger partial charge in [-0.05, 0) is 19.9 Å². The maximum Gasteiger partial charge on any atom is 0.233 e. The zero-order valence-corrected chi connectivity index (χ0v) is 10.4. The Labute approximate surface area is 104 Å². The van der Waals surface area contributed by atoms with E-state index in [1.54, 1.807) is 12.1 Å². The Balaban J connectivity index is 2.49. The molecule has 0 unspecified atom stereocenters. The molecular weight excluding hydrogens is 249 g/mol. The Kier molecular flexibility index (Phi) is 2.76. The predicted molar refractivity (Wildman–Crippen MR) is 64.4 cm³/mol. The molecule has 0 radical (unpaired) electrons. The largest absolute Gasteiger partial charge is 0.490 e.